The first-order valence-corrected chi connectivity index (χ1v) is 10.4. The number of ether oxygens (including phenoxy) is 1. The molecule has 1 saturated carbocycles. The van der Waals surface area contributed by atoms with Crippen LogP contribution in [-0.4, -0.2) is 26.8 Å². The van der Waals surface area contributed by atoms with Gasteiger partial charge in [0.05, 0.1) is 5.56 Å². The number of carbonyl (C=O) groups excluding carboxylic acids is 2. The Morgan fingerprint density at radius 1 is 1.06 bits per heavy atom. The van der Waals surface area contributed by atoms with Gasteiger partial charge in [-0.25, -0.2) is 14.8 Å². The topological polar surface area (TPSA) is 94.1 Å². The minimum absolute atomic E-state index is 0.0993. The summed E-state index contributed by atoms with van der Waals surface area (Å²) in [6.07, 6.45) is 9.17. The fourth-order valence-electron chi connectivity index (χ4n) is 4.60. The van der Waals surface area contributed by atoms with Crippen LogP contribution in [0.5, 0.6) is 0 Å². The van der Waals surface area contributed by atoms with Crippen molar-refractivity contribution in [3.05, 3.63) is 71.8 Å². The lowest BCUT2D eigenvalue weighted by atomic mass is 9.75. The highest BCUT2D eigenvalue weighted by molar-refractivity contribution is 5.94. The van der Waals surface area contributed by atoms with E-state index >= 15 is 0 Å². The Morgan fingerprint density at radius 2 is 1.81 bits per heavy atom. The minimum Gasteiger partial charge on any atom is -0.451 e. The summed E-state index contributed by atoms with van der Waals surface area (Å²) in [6, 6.07) is 9.88. The van der Waals surface area contributed by atoms with Gasteiger partial charge in [-0.2, -0.15) is 0 Å². The highest BCUT2D eigenvalue weighted by Crippen LogP contribution is 2.47. The maximum atomic E-state index is 12.8. The predicted octanol–water partition coefficient (Wildman–Crippen LogP) is 4.04. The Kier molecular flexibility index (Phi) is 4.73. The van der Waals surface area contributed by atoms with Crippen molar-refractivity contribution < 1.29 is 14.3 Å². The number of amides is 1. The third kappa shape index (κ3) is 3.46. The molecule has 1 aliphatic heterocycles. The van der Waals surface area contributed by atoms with Gasteiger partial charge in [0.2, 0.25) is 11.9 Å². The van der Waals surface area contributed by atoms with Gasteiger partial charge in [-0.3, -0.25) is 15.1 Å². The third-order valence-electron chi connectivity index (χ3n) is 6.33. The van der Waals surface area contributed by atoms with Crippen LogP contribution in [0, 0.1) is 12.8 Å². The molecule has 1 spiro atoms. The van der Waals surface area contributed by atoms with Crippen molar-refractivity contribution in [2.24, 2.45) is 5.92 Å². The number of anilines is 1. The number of benzene rings is 1. The molecule has 2 aliphatic rings. The standard InChI is InChI=1S/C24H22N4O3/c1-15-4-2-3-5-18(15)17-12-26-23(27-13-17)28-21(29)16-6-9-24(10-7-16)20-8-11-25-14-19(20)22(30)31-24/h2-5,8,11-14,16H,6-7,9-10H2,1H3,(H,26,27,28,29)/t16-,24-. The van der Waals surface area contributed by atoms with Crippen molar-refractivity contribution in [2.45, 2.75) is 38.2 Å². The van der Waals surface area contributed by atoms with Crippen molar-refractivity contribution in [3.8, 4) is 11.1 Å². The van der Waals surface area contributed by atoms with Crippen molar-refractivity contribution >= 4 is 17.8 Å². The van der Waals surface area contributed by atoms with E-state index in [2.05, 4.69) is 20.3 Å². The number of fused-ring (bicyclic) bond motifs is 2. The molecule has 0 unspecified atom stereocenters. The van der Waals surface area contributed by atoms with Crippen LogP contribution in [-0.2, 0) is 15.1 Å². The zero-order valence-corrected chi connectivity index (χ0v) is 17.2. The second-order valence-electron chi connectivity index (χ2n) is 8.18. The Balaban J connectivity index is 1.24. The third-order valence-corrected chi connectivity index (χ3v) is 6.33. The average molecular weight is 414 g/mol. The molecule has 1 amide bonds. The van der Waals surface area contributed by atoms with Crippen LogP contribution >= 0.6 is 0 Å². The van der Waals surface area contributed by atoms with Crippen molar-refractivity contribution in [2.75, 3.05) is 5.32 Å². The molecule has 0 bridgehead atoms. The summed E-state index contributed by atoms with van der Waals surface area (Å²) in [6.45, 7) is 2.04. The van der Waals surface area contributed by atoms with Gasteiger partial charge in [0.25, 0.3) is 0 Å². The molecule has 7 heteroatoms. The number of hydrogen-bond acceptors (Lipinski definition) is 6. The molecule has 31 heavy (non-hydrogen) atoms. The first kappa shape index (κ1) is 19.4. The van der Waals surface area contributed by atoms with E-state index in [4.69, 9.17) is 4.74 Å². The molecule has 0 atom stereocenters. The number of aryl methyl sites for hydroxylation is 1. The quantitative estimate of drug-likeness (QED) is 0.650. The number of pyridine rings is 1. The monoisotopic (exact) mass is 414 g/mol. The number of carbonyl (C=O) groups is 2. The van der Waals surface area contributed by atoms with Crippen LogP contribution in [0.25, 0.3) is 11.1 Å². The van der Waals surface area contributed by atoms with E-state index < -0.39 is 5.60 Å². The Labute approximate surface area is 179 Å². The van der Waals surface area contributed by atoms with E-state index in [9.17, 15) is 9.59 Å². The van der Waals surface area contributed by atoms with Crippen molar-refractivity contribution in [3.63, 3.8) is 0 Å². The minimum atomic E-state index is -0.627. The summed E-state index contributed by atoms with van der Waals surface area (Å²) in [5.74, 6) is -0.299. The maximum Gasteiger partial charge on any atom is 0.341 e. The summed E-state index contributed by atoms with van der Waals surface area (Å²) in [4.78, 5) is 37.6. The van der Waals surface area contributed by atoms with E-state index in [0.717, 1.165) is 22.3 Å². The van der Waals surface area contributed by atoms with Gasteiger partial charge in [-0.05, 0) is 49.8 Å². The first-order valence-electron chi connectivity index (χ1n) is 10.4. The molecule has 2 aromatic heterocycles. The first-order chi connectivity index (χ1) is 15.1. The van der Waals surface area contributed by atoms with Crippen LogP contribution < -0.4 is 5.32 Å². The maximum absolute atomic E-state index is 12.8. The van der Waals surface area contributed by atoms with E-state index in [1.807, 2.05) is 37.3 Å². The van der Waals surface area contributed by atoms with Crippen molar-refractivity contribution in [1.29, 1.82) is 0 Å². The Bertz CT molecular complexity index is 1150. The highest BCUT2D eigenvalue weighted by atomic mass is 16.6. The number of hydrogen-bond donors (Lipinski definition) is 1. The van der Waals surface area contributed by atoms with E-state index in [0.29, 0.717) is 37.2 Å². The number of rotatable bonds is 3. The number of esters is 1. The summed E-state index contributed by atoms with van der Waals surface area (Å²) in [5, 5.41) is 2.83. The lowest BCUT2D eigenvalue weighted by Gasteiger charge is -2.35. The van der Waals surface area contributed by atoms with Crippen LogP contribution in [0.4, 0.5) is 5.95 Å². The summed E-state index contributed by atoms with van der Waals surface area (Å²) >= 11 is 0. The van der Waals surface area contributed by atoms with Gasteiger partial charge < -0.3 is 4.74 Å². The normalized spacial score (nSPS) is 22.1. The smallest absolute Gasteiger partial charge is 0.341 e. The number of nitrogens with one attached hydrogen (secondary N) is 1. The molecule has 1 fully saturated rings. The molecular formula is C24H22N4O3. The van der Waals surface area contributed by atoms with Crippen LogP contribution in [0.2, 0.25) is 0 Å². The lowest BCUT2D eigenvalue weighted by Crippen LogP contribution is -2.36. The second-order valence-corrected chi connectivity index (χ2v) is 8.18. The van der Waals surface area contributed by atoms with Crippen LogP contribution in [0.1, 0.15) is 47.2 Å². The highest BCUT2D eigenvalue weighted by Gasteiger charge is 2.48. The summed E-state index contributed by atoms with van der Waals surface area (Å²) in [5.41, 5.74) is 3.92. The van der Waals surface area contributed by atoms with Gasteiger partial charge in [0, 0.05) is 41.8 Å². The molecule has 0 radical (unpaired) electrons. The molecule has 7 nitrogen and oxygen atoms in total. The van der Waals surface area contributed by atoms with E-state index in [1.54, 1.807) is 24.8 Å². The van der Waals surface area contributed by atoms with Crippen LogP contribution in [0.3, 0.4) is 0 Å². The second kappa shape index (κ2) is 7.58. The molecule has 3 aromatic rings. The Morgan fingerprint density at radius 3 is 2.55 bits per heavy atom. The molecule has 1 aliphatic carbocycles. The summed E-state index contributed by atoms with van der Waals surface area (Å²) in [7, 11) is 0. The van der Waals surface area contributed by atoms with Gasteiger partial charge in [0.1, 0.15) is 5.60 Å². The molecular weight excluding hydrogens is 392 g/mol. The van der Waals surface area contributed by atoms with Gasteiger partial charge in [-0.15, -0.1) is 0 Å². The van der Waals surface area contributed by atoms with E-state index in [1.165, 1.54) is 0 Å². The zero-order chi connectivity index (χ0) is 21.4. The van der Waals surface area contributed by atoms with Gasteiger partial charge >= 0.3 is 5.97 Å². The molecule has 1 aromatic carbocycles. The van der Waals surface area contributed by atoms with Gasteiger partial charge in [0.15, 0.2) is 0 Å². The zero-order valence-electron chi connectivity index (χ0n) is 17.2. The summed E-state index contributed by atoms with van der Waals surface area (Å²) < 4.78 is 5.74. The van der Waals surface area contributed by atoms with Gasteiger partial charge in [-0.1, -0.05) is 24.3 Å². The number of aromatic nitrogens is 3. The predicted molar refractivity (Wildman–Crippen MR) is 114 cm³/mol. The largest absolute Gasteiger partial charge is 0.451 e. The van der Waals surface area contributed by atoms with Crippen LogP contribution in [0.15, 0.2) is 55.1 Å². The SMILES string of the molecule is Cc1ccccc1-c1cnc(NC(=O)[C@H]2CC[C@@]3(CC2)OC(=O)c2cnccc23)nc1. The molecule has 0 saturated heterocycles. The fraction of sp³-hybridized carbons (Fsp3) is 0.292. The molecule has 156 valence electrons. The fourth-order valence-corrected chi connectivity index (χ4v) is 4.60. The lowest BCUT2D eigenvalue weighted by molar-refractivity contribution is -0.122. The molecule has 5 rings (SSSR count). The average Bonchev–Trinajstić information content (AvgIpc) is 3.07. The molecule has 3 heterocycles. The Hall–Kier alpha value is -3.61. The number of nitrogens with zero attached hydrogens (tertiary/aromatic N) is 3. The van der Waals surface area contributed by atoms with Crippen molar-refractivity contribution in [1.82, 2.24) is 15.0 Å². The molecule has 1 N–H and O–H groups in total. The van der Waals surface area contributed by atoms with E-state index in [-0.39, 0.29) is 17.8 Å².